The molecule has 0 saturated heterocycles. The highest BCUT2D eigenvalue weighted by Crippen LogP contribution is 2.30. The molecule has 1 aromatic heterocycles. The van der Waals surface area contributed by atoms with Gasteiger partial charge in [-0.3, -0.25) is 14.4 Å². The van der Waals surface area contributed by atoms with Gasteiger partial charge in [0.15, 0.2) is 5.78 Å². The van der Waals surface area contributed by atoms with Crippen LogP contribution < -0.4 is 0 Å². The first-order valence-corrected chi connectivity index (χ1v) is 10.7. The van der Waals surface area contributed by atoms with E-state index in [-0.39, 0.29) is 18.8 Å². The maximum Gasteiger partial charge on any atom is 0.328 e. The Balaban J connectivity index is 2.26. The maximum absolute atomic E-state index is 13.6. The molecule has 0 aliphatic heterocycles. The van der Waals surface area contributed by atoms with Crippen molar-refractivity contribution in [3.63, 3.8) is 0 Å². The Bertz CT molecular complexity index is 1170. The van der Waals surface area contributed by atoms with Gasteiger partial charge in [0.25, 0.3) is 0 Å². The van der Waals surface area contributed by atoms with E-state index >= 15 is 0 Å². The van der Waals surface area contributed by atoms with Crippen molar-refractivity contribution in [1.29, 1.82) is 0 Å². The van der Waals surface area contributed by atoms with Crippen molar-refractivity contribution in [2.24, 2.45) is 5.92 Å². The fourth-order valence-corrected chi connectivity index (χ4v) is 3.70. The highest BCUT2D eigenvalue weighted by molar-refractivity contribution is 6.30. The summed E-state index contributed by atoms with van der Waals surface area (Å²) in [6, 6.07) is 12.4. The van der Waals surface area contributed by atoms with Crippen molar-refractivity contribution in [2.75, 3.05) is 13.2 Å². The molecule has 7 heteroatoms. The van der Waals surface area contributed by atoms with Crippen LogP contribution in [0.2, 0.25) is 5.02 Å². The van der Waals surface area contributed by atoms with Gasteiger partial charge in [-0.1, -0.05) is 35.4 Å². The molecule has 0 saturated carbocycles. The predicted octanol–water partition coefficient (Wildman–Crippen LogP) is 5.10. The van der Waals surface area contributed by atoms with Crippen LogP contribution in [-0.2, 0) is 19.1 Å². The van der Waals surface area contributed by atoms with Crippen LogP contribution in [0.4, 0.5) is 0 Å². The summed E-state index contributed by atoms with van der Waals surface area (Å²) in [5.74, 6) is -4.26. The predicted molar refractivity (Wildman–Crippen MR) is 123 cm³/mol. The average Bonchev–Trinajstić information content (AvgIpc) is 2.74. The Labute approximate surface area is 191 Å². The molecule has 0 radical (unpaired) electrons. The monoisotopic (exact) mass is 453 g/mol. The van der Waals surface area contributed by atoms with E-state index in [1.165, 1.54) is 0 Å². The van der Waals surface area contributed by atoms with Gasteiger partial charge in [0, 0.05) is 21.5 Å². The number of hydrogen-bond donors (Lipinski definition) is 0. The molecule has 0 bridgehead atoms. The molecular formula is C25H24ClNO5. The molecule has 0 aliphatic carbocycles. The Kier molecular flexibility index (Phi) is 7.26. The quantitative estimate of drug-likeness (QED) is 0.281. The van der Waals surface area contributed by atoms with Gasteiger partial charge >= 0.3 is 11.9 Å². The van der Waals surface area contributed by atoms with Gasteiger partial charge in [0.1, 0.15) is 0 Å². The smallest absolute Gasteiger partial charge is 0.328 e. The van der Waals surface area contributed by atoms with E-state index in [2.05, 4.69) is 0 Å². The van der Waals surface area contributed by atoms with E-state index in [1.54, 1.807) is 44.2 Å². The second-order valence-electron chi connectivity index (χ2n) is 7.34. The standard InChI is InChI=1S/C25H24ClNO5/c1-5-31-24(29)21(25(30)32-6-2)23(28)19-13-20(16-7-9-17(26)10-8-16)27-22-15(4)11-14(3)12-18(19)22/h7-13,21H,5-6H2,1-4H3. The molecule has 0 spiro atoms. The van der Waals surface area contributed by atoms with Crippen molar-refractivity contribution in [1.82, 2.24) is 4.98 Å². The maximum atomic E-state index is 13.6. The first-order valence-electron chi connectivity index (χ1n) is 10.3. The van der Waals surface area contributed by atoms with Crippen molar-refractivity contribution in [3.05, 3.63) is 64.2 Å². The Morgan fingerprint density at radius 1 is 0.938 bits per heavy atom. The molecule has 0 aliphatic rings. The summed E-state index contributed by atoms with van der Waals surface area (Å²) in [4.78, 5) is 43.5. The molecule has 3 rings (SSSR count). The van der Waals surface area contributed by atoms with E-state index < -0.39 is 23.6 Å². The van der Waals surface area contributed by atoms with E-state index in [4.69, 9.17) is 26.1 Å². The number of aryl methyl sites for hydroxylation is 2. The number of carbonyl (C=O) groups excluding carboxylic acids is 3. The number of ether oxygens (including phenoxy) is 2. The number of halogens is 1. The lowest BCUT2D eigenvalue weighted by Gasteiger charge is -2.16. The molecule has 0 fully saturated rings. The molecule has 6 nitrogen and oxygen atoms in total. The van der Waals surface area contributed by atoms with Gasteiger partial charge in [-0.2, -0.15) is 0 Å². The number of esters is 2. The molecule has 166 valence electrons. The zero-order valence-corrected chi connectivity index (χ0v) is 19.2. The molecule has 3 aromatic rings. The molecule has 2 aromatic carbocycles. The largest absolute Gasteiger partial charge is 0.465 e. The van der Waals surface area contributed by atoms with Gasteiger partial charge in [-0.25, -0.2) is 4.98 Å². The van der Waals surface area contributed by atoms with Crippen molar-refractivity contribution >= 4 is 40.2 Å². The van der Waals surface area contributed by atoms with Crippen LogP contribution in [-0.4, -0.2) is 35.9 Å². The third-order valence-corrected chi connectivity index (χ3v) is 5.21. The number of nitrogens with zero attached hydrogens (tertiary/aromatic N) is 1. The normalized spacial score (nSPS) is 10.9. The number of fused-ring (bicyclic) bond motifs is 1. The van der Waals surface area contributed by atoms with Crippen LogP contribution in [0.5, 0.6) is 0 Å². The van der Waals surface area contributed by atoms with E-state index in [1.807, 2.05) is 26.0 Å². The van der Waals surface area contributed by atoms with Crippen LogP contribution in [0.1, 0.15) is 35.3 Å². The molecule has 0 N–H and O–H groups in total. The van der Waals surface area contributed by atoms with Gasteiger partial charge < -0.3 is 9.47 Å². The summed E-state index contributed by atoms with van der Waals surface area (Å²) in [5, 5.41) is 1.13. The second-order valence-corrected chi connectivity index (χ2v) is 7.78. The minimum absolute atomic E-state index is 0.0351. The Hall–Kier alpha value is -3.25. The first-order chi connectivity index (χ1) is 15.3. The van der Waals surface area contributed by atoms with Crippen molar-refractivity contribution < 1.29 is 23.9 Å². The summed E-state index contributed by atoms with van der Waals surface area (Å²) in [6.07, 6.45) is 0. The zero-order chi connectivity index (χ0) is 23.4. The molecule has 0 unspecified atom stereocenters. The summed E-state index contributed by atoms with van der Waals surface area (Å²) in [6.45, 7) is 7.09. The first kappa shape index (κ1) is 23.4. The van der Waals surface area contributed by atoms with Crippen LogP contribution in [0.15, 0.2) is 42.5 Å². The minimum Gasteiger partial charge on any atom is -0.465 e. The number of carbonyl (C=O) groups is 3. The van der Waals surface area contributed by atoms with E-state index in [0.29, 0.717) is 21.6 Å². The number of Topliss-reactive ketones (excluding diaryl/α,β-unsaturated/α-hetero) is 1. The number of ketones is 1. The van der Waals surface area contributed by atoms with Crippen molar-refractivity contribution in [3.8, 4) is 11.3 Å². The topological polar surface area (TPSA) is 82.6 Å². The zero-order valence-electron chi connectivity index (χ0n) is 18.4. The lowest BCUT2D eigenvalue weighted by molar-refractivity contribution is -0.158. The number of benzene rings is 2. The van der Waals surface area contributed by atoms with Gasteiger partial charge in [-0.15, -0.1) is 0 Å². The van der Waals surface area contributed by atoms with E-state index in [9.17, 15) is 14.4 Å². The highest BCUT2D eigenvalue weighted by atomic mass is 35.5. The number of pyridine rings is 1. The van der Waals surface area contributed by atoms with Crippen LogP contribution in [0.25, 0.3) is 22.2 Å². The van der Waals surface area contributed by atoms with Crippen LogP contribution in [0, 0.1) is 19.8 Å². The Morgan fingerprint density at radius 3 is 2.09 bits per heavy atom. The average molecular weight is 454 g/mol. The molecular weight excluding hydrogens is 430 g/mol. The molecule has 0 amide bonds. The SMILES string of the molecule is CCOC(=O)C(C(=O)OCC)C(=O)c1cc(-c2ccc(Cl)cc2)nc2c(C)cc(C)cc12. The third kappa shape index (κ3) is 4.81. The summed E-state index contributed by atoms with van der Waals surface area (Å²) in [7, 11) is 0. The van der Waals surface area contributed by atoms with E-state index in [0.717, 1.165) is 16.7 Å². The molecule has 32 heavy (non-hydrogen) atoms. The minimum atomic E-state index is -1.71. The van der Waals surface area contributed by atoms with Crippen LogP contribution in [0.3, 0.4) is 0 Å². The van der Waals surface area contributed by atoms with Crippen molar-refractivity contribution in [2.45, 2.75) is 27.7 Å². The van der Waals surface area contributed by atoms with Gasteiger partial charge in [-0.05, 0) is 57.5 Å². The van der Waals surface area contributed by atoms with Crippen LogP contribution >= 0.6 is 11.6 Å². The second kappa shape index (κ2) is 9.92. The van der Waals surface area contributed by atoms with Gasteiger partial charge in [0.2, 0.25) is 5.92 Å². The highest BCUT2D eigenvalue weighted by Gasteiger charge is 2.38. The van der Waals surface area contributed by atoms with Gasteiger partial charge in [0.05, 0.1) is 24.4 Å². The molecule has 1 heterocycles. The summed E-state index contributed by atoms with van der Waals surface area (Å²) >= 11 is 6.01. The number of hydrogen-bond acceptors (Lipinski definition) is 6. The fourth-order valence-electron chi connectivity index (χ4n) is 3.57. The fraction of sp³-hybridized carbons (Fsp3) is 0.280. The third-order valence-electron chi connectivity index (χ3n) is 4.96. The Morgan fingerprint density at radius 2 is 1.53 bits per heavy atom. The summed E-state index contributed by atoms with van der Waals surface area (Å²) in [5.41, 5.74) is 3.88. The lowest BCUT2D eigenvalue weighted by Crippen LogP contribution is -2.35. The number of aromatic nitrogens is 1. The molecule has 0 atom stereocenters. The number of rotatable bonds is 7. The lowest BCUT2D eigenvalue weighted by atomic mass is 9.91. The summed E-state index contributed by atoms with van der Waals surface area (Å²) < 4.78 is 10.0.